The van der Waals surface area contributed by atoms with Crippen molar-refractivity contribution >= 4 is 29.2 Å². The molecule has 8 nitrogen and oxygen atoms in total. The van der Waals surface area contributed by atoms with E-state index in [0.717, 1.165) is 33.5 Å². The monoisotopic (exact) mass is 526 g/mol. The molecule has 8 heteroatoms. The quantitative estimate of drug-likeness (QED) is 0.415. The van der Waals surface area contributed by atoms with Crippen molar-refractivity contribution in [3.8, 4) is 16.9 Å². The normalized spacial score (nSPS) is 15.1. The van der Waals surface area contributed by atoms with Crippen LogP contribution >= 0.6 is 0 Å². The highest BCUT2D eigenvalue weighted by atomic mass is 16.6. The number of ether oxygens (including phenoxy) is 1. The second-order valence-electron chi connectivity index (χ2n) is 10.3. The average Bonchev–Trinajstić information content (AvgIpc) is 2.99. The number of rotatable bonds is 7. The van der Waals surface area contributed by atoms with E-state index in [1.807, 2.05) is 67.6 Å². The molecule has 4 rings (SSSR count). The van der Waals surface area contributed by atoms with Gasteiger partial charge in [-0.1, -0.05) is 60.7 Å². The molecule has 0 spiro atoms. The Morgan fingerprint density at radius 3 is 2.28 bits per heavy atom. The lowest BCUT2D eigenvalue weighted by Crippen LogP contribution is -2.49. The lowest BCUT2D eigenvalue weighted by molar-refractivity contribution is -0.127. The molecular weight excluding hydrogens is 492 g/mol. The fraction of sp³-hybridized carbons (Fsp3) is 0.258. The third-order valence-electron chi connectivity index (χ3n) is 6.40. The summed E-state index contributed by atoms with van der Waals surface area (Å²) in [4.78, 5) is 40.0. The summed E-state index contributed by atoms with van der Waals surface area (Å²) in [7, 11) is 1.51. The Morgan fingerprint density at radius 2 is 1.62 bits per heavy atom. The van der Waals surface area contributed by atoms with Gasteiger partial charge in [0.25, 0.3) is 5.91 Å². The average molecular weight is 527 g/mol. The molecule has 1 heterocycles. The molecule has 0 saturated heterocycles. The van der Waals surface area contributed by atoms with Gasteiger partial charge in [-0.2, -0.15) is 0 Å². The van der Waals surface area contributed by atoms with Gasteiger partial charge in [-0.3, -0.25) is 9.59 Å². The summed E-state index contributed by atoms with van der Waals surface area (Å²) in [5, 5.41) is 5.33. The predicted molar refractivity (Wildman–Crippen MR) is 153 cm³/mol. The highest BCUT2D eigenvalue weighted by molar-refractivity contribution is 6.05. The van der Waals surface area contributed by atoms with Crippen molar-refractivity contribution in [3.63, 3.8) is 0 Å². The van der Waals surface area contributed by atoms with Gasteiger partial charge >= 0.3 is 6.09 Å². The van der Waals surface area contributed by atoms with Gasteiger partial charge in [0.2, 0.25) is 5.91 Å². The largest absolute Gasteiger partial charge is 0.412 e. The first-order chi connectivity index (χ1) is 18.6. The lowest BCUT2D eigenvalue weighted by Gasteiger charge is -2.27. The van der Waals surface area contributed by atoms with Crippen molar-refractivity contribution in [1.29, 1.82) is 0 Å². The van der Waals surface area contributed by atoms with Crippen LogP contribution in [-0.4, -0.2) is 36.5 Å². The summed E-state index contributed by atoms with van der Waals surface area (Å²) in [5.41, 5.74) is 10.5. The maximum absolute atomic E-state index is 13.8. The first-order valence-corrected chi connectivity index (χ1v) is 12.8. The molecule has 0 radical (unpaired) electrons. The van der Waals surface area contributed by atoms with Crippen LogP contribution in [0.25, 0.3) is 16.7 Å². The van der Waals surface area contributed by atoms with Gasteiger partial charge in [-0.25, -0.2) is 4.79 Å². The Hall–Kier alpha value is -4.43. The van der Waals surface area contributed by atoms with Crippen molar-refractivity contribution < 1.29 is 19.1 Å². The molecule has 1 aliphatic rings. The highest BCUT2D eigenvalue weighted by Gasteiger charge is 2.31. The van der Waals surface area contributed by atoms with Crippen molar-refractivity contribution in [2.75, 3.05) is 11.9 Å². The van der Waals surface area contributed by atoms with Crippen LogP contribution in [0.15, 0.2) is 78.9 Å². The molecule has 0 aromatic heterocycles. The molecule has 202 valence electrons. The van der Waals surface area contributed by atoms with E-state index in [-0.39, 0.29) is 18.2 Å². The SMILES string of the molecule is CNC(=O)Oc1ccccc1-c1ccc(CN2C(=O)C(NC(=O)CC(C)(C)N)C=C(C)c3ccccc32)cc1. The number of para-hydroxylation sites is 2. The van der Waals surface area contributed by atoms with Crippen LogP contribution in [0.4, 0.5) is 10.5 Å². The summed E-state index contributed by atoms with van der Waals surface area (Å²) >= 11 is 0. The number of nitrogens with two attached hydrogens (primary N) is 1. The summed E-state index contributed by atoms with van der Waals surface area (Å²) in [6.45, 7) is 5.80. The Morgan fingerprint density at radius 1 is 0.974 bits per heavy atom. The predicted octanol–water partition coefficient (Wildman–Crippen LogP) is 4.63. The minimum Gasteiger partial charge on any atom is -0.410 e. The first-order valence-electron chi connectivity index (χ1n) is 12.8. The third kappa shape index (κ3) is 6.72. The number of nitrogens with zero attached hydrogens (tertiary/aromatic N) is 1. The lowest BCUT2D eigenvalue weighted by atomic mass is 10.0. The van der Waals surface area contributed by atoms with Gasteiger partial charge in [0.05, 0.1) is 12.2 Å². The van der Waals surface area contributed by atoms with E-state index in [4.69, 9.17) is 10.5 Å². The van der Waals surface area contributed by atoms with E-state index in [1.54, 1.807) is 37.0 Å². The topological polar surface area (TPSA) is 114 Å². The number of hydrogen-bond donors (Lipinski definition) is 3. The fourth-order valence-electron chi connectivity index (χ4n) is 4.56. The molecule has 3 amide bonds. The zero-order valence-electron chi connectivity index (χ0n) is 22.7. The Bertz CT molecular complexity index is 1410. The molecule has 0 fully saturated rings. The second-order valence-corrected chi connectivity index (χ2v) is 10.3. The molecular formula is C31H34N4O4. The molecule has 3 aromatic rings. The third-order valence-corrected chi connectivity index (χ3v) is 6.40. The Labute approximate surface area is 228 Å². The number of benzene rings is 3. The number of fused-ring (bicyclic) bond motifs is 1. The van der Waals surface area contributed by atoms with Gasteiger partial charge in [0, 0.05) is 30.1 Å². The molecule has 1 aliphatic heterocycles. The number of anilines is 1. The Kier molecular flexibility index (Phi) is 8.16. The van der Waals surface area contributed by atoms with Crippen molar-refractivity contribution in [3.05, 3.63) is 90.0 Å². The number of carbonyl (C=O) groups excluding carboxylic acids is 3. The molecule has 0 bridgehead atoms. The summed E-state index contributed by atoms with van der Waals surface area (Å²) in [6, 6.07) is 21.9. The van der Waals surface area contributed by atoms with E-state index in [1.165, 1.54) is 7.05 Å². The number of amides is 3. The van der Waals surface area contributed by atoms with Crippen molar-refractivity contribution in [1.82, 2.24) is 10.6 Å². The van der Waals surface area contributed by atoms with E-state index >= 15 is 0 Å². The van der Waals surface area contributed by atoms with Crippen LogP contribution in [0.2, 0.25) is 0 Å². The summed E-state index contributed by atoms with van der Waals surface area (Å²) in [5.74, 6) is -0.0595. The van der Waals surface area contributed by atoms with Crippen LogP contribution < -0.4 is 26.0 Å². The highest BCUT2D eigenvalue weighted by Crippen LogP contribution is 2.33. The van der Waals surface area contributed by atoms with E-state index in [9.17, 15) is 14.4 Å². The molecule has 1 atom stereocenters. The number of carbonyl (C=O) groups is 3. The number of hydrogen-bond acceptors (Lipinski definition) is 5. The Balaban J connectivity index is 1.62. The molecule has 39 heavy (non-hydrogen) atoms. The zero-order valence-corrected chi connectivity index (χ0v) is 22.7. The van der Waals surface area contributed by atoms with Crippen LogP contribution in [0.1, 0.15) is 38.3 Å². The number of allylic oxidation sites excluding steroid dienone is 1. The van der Waals surface area contributed by atoms with Crippen molar-refractivity contribution in [2.24, 2.45) is 5.73 Å². The van der Waals surface area contributed by atoms with Crippen molar-refractivity contribution in [2.45, 2.75) is 45.3 Å². The molecule has 4 N–H and O–H groups in total. The second kappa shape index (κ2) is 11.5. The van der Waals surface area contributed by atoms with Crippen LogP contribution in [-0.2, 0) is 16.1 Å². The molecule has 0 saturated carbocycles. The smallest absolute Gasteiger partial charge is 0.410 e. The van der Waals surface area contributed by atoms with Crippen LogP contribution in [0.5, 0.6) is 5.75 Å². The van der Waals surface area contributed by atoms with E-state index in [2.05, 4.69) is 10.6 Å². The van der Waals surface area contributed by atoms with Gasteiger partial charge in [-0.15, -0.1) is 0 Å². The molecule has 3 aromatic carbocycles. The van der Waals surface area contributed by atoms with Crippen LogP contribution in [0, 0.1) is 0 Å². The molecule has 0 aliphatic carbocycles. The summed E-state index contributed by atoms with van der Waals surface area (Å²) in [6.07, 6.45) is 1.36. The van der Waals surface area contributed by atoms with E-state index in [0.29, 0.717) is 12.3 Å². The minimum atomic E-state index is -0.819. The molecule has 1 unspecified atom stereocenters. The standard InChI is InChI=1S/C31H34N4O4/c1-20-17-25(34-28(36)18-31(2,3)32)29(37)35(26-11-7-5-9-23(20)26)19-21-13-15-22(16-14-21)24-10-6-8-12-27(24)39-30(38)33-4/h5-17,25H,18-19,32H2,1-4H3,(H,33,38)(H,34,36). The van der Waals surface area contributed by atoms with Gasteiger partial charge in [0.15, 0.2) is 0 Å². The fourth-order valence-corrected chi connectivity index (χ4v) is 4.56. The zero-order chi connectivity index (χ0) is 28.2. The van der Waals surface area contributed by atoms with Gasteiger partial charge < -0.3 is 26.0 Å². The maximum atomic E-state index is 13.8. The number of nitrogens with one attached hydrogen (secondary N) is 2. The van der Waals surface area contributed by atoms with Gasteiger partial charge in [-0.05, 0) is 55.7 Å². The minimum absolute atomic E-state index is 0.100. The van der Waals surface area contributed by atoms with E-state index < -0.39 is 17.7 Å². The first kappa shape index (κ1) is 27.6. The van der Waals surface area contributed by atoms with Gasteiger partial charge in [0.1, 0.15) is 11.8 Å². The summed E-state index contributed by atoms with van der Waals surface area (Å²) < 4.78 is 5.40. The maximum Gasteiger partial charge on any atom is 0.412 e. The van der Waals surface area contributed by atoms with Crippen LogP contribution in [0.3, 0.4) is 0 Å².